The second-order valence-electron chi connectivity index (χ2n) is 7.91. The SMILES string of the molecule is CC[Si](CC)(CC)Oc1ccc(CCCSCCO)cc1O[Si](CC)(CC)CC. The molecule has 0 saturated carbocycles. The molecule has 1 N–H and O–H groups in total. The Morgan fingerprint density at radius 3 is 1.76 bits per heavy atom. The monoisotopic (exact) mass is 456 g/mol. The molecule has 0 aliphatic carbocycles. The number of aliphatic hydroxyl groups excluding tert-OH is 1. The van der Waals surface area contributed by atoms with E-state index in [1.165, 1.54) is 5.56 Å². The summed E-state index contributed by atoms with van der Waals surface area (Å²) in [5.74, 6) is 3.89. The van der Waals surface area contributed by atoms with Gasteiger partial charge in [0.2, 0.25) is 0 Å². The molecule has 0 unspecified atom stereocenters. The van der Waals surface area contributed by atoms with Gasteiger partial charge in [0.25, 0.3) is 16.6 Å². The average Bonchev–Trinajstić information content (AvgIpc) is 2.77. The van der Waals surface area contributed by atoms with Gasteiger partial charge in [-0.1, -0.05) is 47.6 Å². The van der Waals surface area contributed by atoms with Crippen LogP contribution in [0.15, 0.2) is 18.2 Å². The Hall–Kier alpha value is -0.436. The van der Waals surface area contributed by atoms with Crippen molar-refractivity contribution in [2.75, 3.05) is 18.1 Å². The van der Waals surface area contributed by atoms with Crippen LogP contribution in [0.3, 0.4) is 0 Å². The summed E-state index contributed by atoms with van der Waals surface area (Å²) in [4.78, 5) is 0. The topological polar surface area (TPSA) is 38.7 Å². The van der Waals surface area contributed by atoms with Crippen LogP contribution in [-0.2, 0) is 6.42 Å². The molecule has 0 fully saturated rings. The highest BCUT2D eigenvalue weighted by atomic mass is 32.2. The first-order valence-corrected chi connectivity index (χ1v) is 17.9. The molecule has 6 heteroatoms. The largest absolute Gasteiger partial charge is 0.541 e. The standard InChI is InChI=1S/C23H44O3SSi2/c1-7-28(8-2,9-3)25-22-16-15-21(14-13-18-27-19-17-24)20-23(22)26-29(10-4,11-5)12-6/h15-16,20,24H,7-14,17-19H2,1-6H3. The van der Waals surface area contributed by atoms with Crippen LogP contribution in [0, 0.1) is 0 Å². The van der Waals surface area contributed by atoms with Crippen molar-refractivity contribution in [3.8, 4) is 11.5 Å². The maximum atomic E-state index is 8.94. The van der Waals surface area contributed by atoms with E-state index in [1.54, 1.807) is 0 Å². The fourth-order valence-corrected chi connectivity index (χ4v) is 9.63. The summed E-state index contributed by atoms with van der Waals surface area (Å²) in [5, 5.41) is 8.94. The Kier molecular flexibility index (Phi) is 12.6. The third-order valence-corrected chi connectivity index (χ3v) is 16.6. The van der Waals surface area contributed by atoms with Gasteiger partial charge in [0.15, 0.2) is 0 Å². The minimum atomic E-state index is -1.76. The van der Waals surface area contributed by atoms with E-state index in [0.717, 1.165) is 72.1 Å². The smallest absolute Gasteiger partial charge is 0.250 e. The fourth-order valence-electron chi connectivity index (χ4n) is 3.82. The number of benzene rings is 1. The second-order valence-corrected chi connectivity index (χ2v) is 18.5. The van der Waals surface area contributed by atoms with Crippen molar-refractivity contribution in [3.05, 3.63) is 23.8 Å². The molecular weight excluding hydrogens is 412 g/mol. The lowest BCUT2D eigenvalue weighted by atomic mass is 10.1. The molecule has 1 aromatic carbocycles. The third kappa shape index (κ3) is 7.96. The number of thioether (sulfide) groups is 1. The van der Waals surface area contributed by atoms with Crippen molar-refractivity contribution in [2.45, 2.75) is 90.6 Å². The maximum absolute atomic E-state index is 8.94. The van der Waals surface area contributed by atoms with Crippen molar-refractivity contribution in [2.24, 2.45) is 0 Å². The zero-order valence-electron chi connectivity index (χ0n) is 19.7. The van der Waals surface area contributed by atoms with E-state index in [2.05, 4.69) is 59.7 Å². The first-order chi connectivity index (χ1) is 14.0. The van der Waals surface area contributed by atoms with Gasteiger partial charge in [-0.25, -0.2) is 0 Å². The Morgan fingerprint density at radius 1 is 0.759 bits per heavy atom. The highest BCUT2D eigenvalue weighted by Crippen LogP contribution is 2.37. The molecular formula is C23H44O3SSi2. The van der Waals surface area contributed by atoms with Crippen LogP contribution >= 0.6 is 11.8 Å². The van der Waals surface area contributed by atoms with Crippen molar-refractivity contribution in [1.29, 1.82) is 0 Å². The maximum Gasteiger partial charge on any atom is 0.250 e. The molecule has 168 valence electrons. The van der Waals surface area contributed by atoms with E-state index in [-0.39, 0.29) is 6.61 Å². The number of aliphatic hydroxyl groups is 1. The minimum Gasteiger partial charge on any atom is -0.541 e. The predicted octanol–water partition coefficient (Wildman–Crippen LogP) is 7.11. The van der Waals surface area contributed by atoms with Crippen molar-refractivity contribution >= 4 is 28.4 Å². The summed E-state index contributed by atoms with van der Waals surface area (Å²) in [7, 11) is -3.51. The Morgan fingerprint density at radius 2 is 1.28 bits per heavy atom. The second kappa shape index (κ2) is 13.8. The van der Waals surface area contributed by atoms with Crippen LogP contribution in [0.25, 0.3) is 0 Å². The van der Waals surface area contributed by atoms with Crippen LogP contribution < -0.4 is 8.85 Å². The van der Waals surface area contributed by atoms with E-state index < -0.39 is 16.6 Å². The van der Waals surface area contributed by atoms with E-state index >= 15 is 0 Å². The normalized spacial score (nSPS) is 12.2. The van der Waals surface area contributed by atoms with Gasteiger partial charge in [-0.15, -0.1) is 0 Å². The van der Waals surface area contributed by atoms with Gasteiger partial charge in [-0.2, -0.15) is 11.8 Å². The first kappa shape index (κ1) is 26.6. The molecule has 3 nitrogen and oxygen atoms in total. The van der Waals surface area contributed by atoms with Crippen molar-refractivity contribution in [3.63, 3.8) is 0 Å². The first-order valence-electron chi connectivity index (χ1n) is 11.7. The summed E-state index contributed by atoms with van der Waals surface area (Å²) in [5.41, 5.74) is 1.33. The van der Waals surface area contributed by atoms with E-state index in [1.807, 2.05) is 11.8 Å². The van der Waals surface area contributed by atoms with Crippen molar-refractivity contribution in [1.82, 2.24) is 0 Å². The molecule has 0 radical (unpaired) electrons. The average molecular weight is 457 g/mol. The summed E-state index contributed by atoms with van der Waals surface area (Å²) < 4.78 is 13.6. The van der Waals surface area contributed by atoms with Crippen LogP contribution in [0.2, 0.25) is 36.3 Å². The van der Waals surface area contributed by atoms with Gasteiger partial charge < -0.3 is 14.0 Å². The fraction of sp³-hybridized carbons (Fsp3) is 0.739. The van der Waals surface area contributed by atoms with Gasteiger partial charge >= 0.3 is 0 Å². The molecule has 0 saturated heterocycles. The summed E-state index contributed by atoms with van der Waals surface area (Å²) in [6, 6.07) is 13.5. The molecule has 1 rings (SSSR count). The predicted molar refractivity (Wildman–Crippen MR) is 135 cm³/mol. The van der Waals surface area contributed by atoms with Gasteiger partial charge in [0.05, 0.1) is 6.61 Å². The third-order valence-electron chi connectivity index (χ3n) is 6.52. The molecule has 0 bridgehead atoms. The summed E-state index contributed by atoms with van der Waals surface area (Å²) in [6.07, 6.45) is 2.17. The molecule has 0 aliphatic heterocycles. The molecule has 0 atom stereocenters. The summed E-state index contributed by atoms with van der Waals surface area (Å²) in [6.45, 7) is 14.0. The van der Waals surface area contributed by atoms with Crippen molar-refractivity contribution < 1.29 is 14.0 Å². The highest BCUT2D eigenvalue weighted by Gasteiger charge is 2.35. The van der Waals surface area contributed by atoms with Gasteiger partial charge in [0.1, 0.15) is 11.5 Å². The Balaban J connectivity index is 3.12. The number of rotatable bonds is 16. The lowest BCUT2D eigenvalue weighted by Gasteiger charge is -2.34. The summed E-state index contributed by atoms with van der Waals surface area (Å²) >= 11 is 1.82. The quantitative estimate of drug-likeness (QED) is 0.212. The Bertz CT molecular complexity index is 559. The Labute approximate surface area is 186 Å². The number of hydrogen-bond acceptors (Lipinski definition) is 4. The lowest BCUT2D eigenvalue weighted by molar-refractivity contribution is 0.322. The zero-order valence-corrected chi connectivity index (χ0v) is 22.5. The molecule has 0 spiro atoms. The van der Waals surface area contributed by atoms with Gasteiger partial charge in [-0.05, 0) is 72.6 Å². The molecule has 29 heavy (non-hydrogen) atoms. The number of hydrogen-bond donors (Lipinski definition) is 1. The van der Waals surface area contributed by atoms with Gasteiger partial charge in [-0.3, -0.25) is 0 Å². The molecule has 0 aliphatic rings. The lowest BCUT2D eigenvalue weighted by Crippen LogP contribution is -2.41. The van der Waals surface area contributed by atoms with Crippen LogP contribution in [0.4, 0.5) is 0 Å². The minimum absolute atomic E-state index is 0.268. The van der Waals surface area contributed by atoms with E-state index in [4.69, 9.17) is 14.0 Å². The highest BCUT2D eigenvalue weighted by molar-refractivity contribution is 7.99. The molecule has 1 aromatic rings. The van der Waals surface area contributed by atoms with E-state index in [0.29, 0.717) is 0 Å². The van der Waals surface area contributed by atoms with Crippen LogP contribution in [0.1, 0.15) is 53.5 Å². The zero-order chi connectivity index (χ0) is 21.8. The molecule has 0 aromatic heterocycles. The molecule has 0 heterocycles. The van der Waals surface area contributed by atoms with Crippen LogP contribution in [-0.4, -0.2) is 39.9 Å². The molecule has 0 amide bonds. The van der Waals surface area contributed by atoms with Crippen LogP contribution in [0.5, 0.6) is 11.5 Å². The van der Waals surface area contributed by atoms with E-state index in [9.17, 15) is 0 Å². The number of aryl methyl sites for hydroxylation is 1. The van der Waals surface area contributed by atoms with Gasteiger partial charge in [0, 0.05) is 5.75 Å².